The van der Waals surface area contributed by atoms with Gasteiger partial charge in [-0.15, -0.1) is 0 Å². The monoisotopic (exact) mass is 247 g/mol. The van der Waals surface area contributed by atoms with Crippen molar-refractivity contribution in [2.75, 3.05) is 5.73 Å². The maximum absolute atomic E-state index is 13.1. The predicted octanol–water partition coefficient (Wildman–Crippen LogP) is 3.24. The number of anilines is 1. The molecular weight excluding hydrogens is 229 g/mol. The van der Waals surface area contributed by atoms with E-state index in [2.05, 4.69) is 18.8 Å². The topological polar surface area (TPSA) is 43.8 Å². The molecule has 2 aromatic rings. The van der Waals surface area contributed by atoms with E-state index in [1.54, 1.807) is 6.07 Å². The molecule has 1 heterocycles. The Morgan fingerprint density at radius 2 is 2.00 bits per heavy atom. The minimum atomic E-state index is -0.241. The highest BCUT2D eigenvalue weighted by Gasteiger charge is 2.17. The van der Waals surface area contributed by atoms with Crippen LogP contribution < -0.4 is 5.73 Å². The fourth-order valence-electron chi connectivity index (χ4n) is 2.14. The molecule has 0 bridgehead atoms. The molecule has 0 saturated carbocycles. The largest absolute Gasteiger partial charge is 0.383 e. The number of nitrogen functional groups attached to an aromatic ring is 1. The van der Waals surface area contributed by atoms with Gasteiger partial charge in [-0.1, -0.05) is 13.8 Å². The summed E-state index contributed by atoms with van der Waals surface area (Å²) in [5.74, 6) is 1.61. The lowest BCUT2D eigenvalue weighted by molar-refractivity contribution is 0.627. The molecule has 0 aliphatic carbocycles. The maximum Gasteiger partial charge on any atom is 0.131 e. The summed E-state index contributed by atoms with van der Waals surface area (Å²) in [7, 11) is 1.90. The van der Waals surface area contributed by atoms with E-state index in [4.69, 9.17) is 5.73 Å². The van der Waals surface area contributed by atoms with Crippen molar-refractivity contribution in [3.8, 4) is 11.3 Å². The maximum atomic E-state index is 13.1. The Hall–Kier alpha value is -1.84. The van der Waals surface area contributed by atoms with E-state index in [0.29, 0.717) is 11.7 Å². The first kappa shape index (κ1) is 12.6. The van der Waals surface area contributed by atoms with Gasteiger partial charge in [-0.05, 0) is 30.7 Å². The molecule has 2 N–H and O–H groups in total. The van der Waals surface area contributed by atoms with E-state index in [1.165, 1.54) is 12.1 Å². The van der Waals surface area contributed by atoms with Crippen LogP contribution in [0.4, 0.5) is 10.2 Å². The lowest BCUT2D eigenvalue weighted by Crippen LogP contribution is -2.02. The average molecular weight is 247 g/mol. The molecule has 18 heavy (non-hydrogen) atoms. The lowest BCUT2D eigenvalue weighted by Gasteiger charge is -2.05. The van der Waals surface area contributed by atoms with Gasteiger partial charge in [0.1, 0.15) is 23.2 Å². The van der Waals surface area contributed by atoms with E-state index in [9.17, 15) is 4.39 Å². The molecule has 4 heteroatoms. The molecule has 0 radical (unpaired) electrons. The number of nitrogens with zero attached hydrogens (tertiary/aromatic N) is 2. The van der Waals surface area contributed by atoms with Crippen LogP contribution >= 0.6 is 0 Å². The number of aromatic nitrogens is 2. The summed E-state index contributed by atoms with van der Waals surface area (Å²) in [5.41, 5.74) is 8.55. The first-order valence-electron chi connectivity index (χ1n) is 6.00. The van der Waals surface area contributed by atoms with Gasteiger partial charge in [-0.25, -0.2) is 9.37 Å². The van der Waals surface area contributed by atoms with E-state index in [0.717, 1.165) is 22.6 Å². The van der Waals surface area contributed by atoms with Crippen molar-refractivity contribution in [1.82, 2.24) is 9.55 Å². The second-order valence-corrected chi connectivity index (χ2v) is 4.88. The molecule has 0 unspecified atom stereocenters. The highest BCUT2D eigenvalue weighted by molar-refractivity contribution is 5.73. The van der Waals surface area contributed by atoms with Gasteiger partial charge in [-0.3, -0.25) is 0 Å². The third-order valence-corrected chi connectivity index (χ3v) is 3.13. The van der Waals surface area contributed by atoms with Crippen LogP contribution in [0.2, 0.25) is 0 Å². The first-order chi connectivity index (χ1) is 8.41. The smallest absolute Gasteiger partial charge is 0.131 e. The number of halogens is 1. The van der Waals surface area contributed by atoms with E-state index >= 15 is 0 Å². The standard InChI is InChI=1S/C14H18FN3/c1-8(2)14-17-12(13(16)18(14)4)11-6-5-10(15)7-9(11)3/h5-8H,16H2,1-4H3. The molecule has 0 amide bonds. The van der Waals surface area contributed by atoms with Gasteiger partial charge in [0.25, 0.3) is 0 Å². The number of hydrogen-bond acceptors (Lipinski definition) is 2. The van der Waals surface area contributed by atoms with Crippen molar-refractivity contribution in [3.63, 3.8) is 0 Å². The van der Waals surface area contributed by atoms with E-state index < -0.39 is 0 Å². The van der Waals surface area contributed by atoms with Gasteiger partial charge in [0.15, 0.2) is 0 Å². The van der Waals surface area contributed by atoms with Crippen LogP contribution in [-0.4, -0.2) is 9.55 Å². The fourth-order valence-corrected chi connectivity index (χ4v) is 2.14. The minimum absolute atomic E-state index is 0.241. The molecule has 96 valence electrons. The molecule has 2 rings (SSSR count). The summed E-state index contributed by atoms with van der Waals surface area (Å²) in [5, 5.41) is 0. The SMILES string of the molecule is Cc1cc(F)ccc1-c1nc(C(C)C)n(C)c1N. The first-order valence-corrected chi connectivity index (χ1v) is 6.00. The summed E-state index contributed by atoms with van der Waals surface area (Å²) in [6.45, 7) is 6.01. The molecule has 1 aromatic carbocycles. The second-order valence-electron chi connectivity index (χ2n) is 4.88. The normalized spacial score (nSPS) is 11.2. The number of aryl methyl sites for hydroxylation is 1. The summed E-state index contributed by atoms with van der Waals surface area (Å²) in [4.78, 5) is 4.59. The number of rotatable bonds is 2. The van der Waals surface area contributed by atoms with Crippen molar-refractivity contribution in [3.05, 3.63) is 35.4 Å². The van der Waals surface area contributed by atoms with Gasteiger partial charge < -0.3 is 10.3 Å². The number of hydrogen-bond donors (Lipinski definition) is 1. The Balaban J connectivity index is 2.61. The van der Waals surface area contributed by atoms with Crippen LogP contribution in [0.15, 0.2) is 18.2 Å². The highest BCUT2D eigenvalue weighted by atomic mass is 19.1. The number of nitrogens with two attached hydrogens (primary N) is 1. The molecule has 3 nitrogen and oxygen atoms in total. The van der Waals surface area contributed by atoms with E-state index in [1.807, 2.05) is 18.5 Å². The van der Waals surface area contributed by atoms with Crippen LogP contribution in [0.3, 0.4) is 0 Å². The fraction of sp³-hybridized carbons (Fsp3) is 0.357. The van der Waals surface area contributed by atoms with Gasteiger partial charge in [-0.2, -0.15) is 0 Å². The predicted molar refractivity (Wildman–Crippen MR) is 71.8 cm³/mol. The van der Waals surface area contributed by atoms with Crippen molar-refractivity contribution >= 4 is 5.82 Å². The number of benzene rings is 1. The number of imidazole rings is 1. The Morgan fingerprint density at radius 1 is 1.33 bits per heavy atom. The molecule has 0 saturated heterocycles. The van der Waals surface area contributed by atoms with Crippen LogP contribution in [0.25, 0.3) is 11.3 Å². The Kier molecular flexibility index (Phi) is 3.11. The zero-order valence-corrected chi connectivity index (χ0v) is 11.2. The lowest BCUT2D eigenvalue weighted by atomic mass is 10.1. The Labute approximate surface area is 106 Å². The molecule has 0 spiro atoms. The summed E-state index contributed by atoms with van der Waals surface area (Å²) in [6.07, 6.45) is 0. The van der Waals surface area contributed by atoms with Gasteiger partial charge in [0.2, 0.25) is 0 Å². The summed E-state index contributed by atoms with van der Waals surface area (Å²) in [6, 6.07) is 4.66. The van der Waals surface area contributed by atoms with E-state index in [-0.39, 0.29) is 5.82 Å². The zero-order chi connectivity index (χ0) is 13.4. The van der Waals surface area contributed by atoms with Crippen molar-refractivity contribution < 1.29 is 4.39 Å². The molecule has 0 fully saturated rings. The summed E-state index contributed by atoms with van der Waals surface area (Å²) < 4.78 is 15.0. The zero-order valence-electron chi connectivity index (χ0n) is 11.2. The summed E-state index contributed by atoms with van der Waals surface area (Å²) >= 11 is 0. The third-order valence-electron chi connectivity index (χ3n) is 3.13. The minimum Gasteiger partial charge on any atom is -0.383 e. The van der Waals surface area contributed by atoms with Gasteiger partial charge in [0, 0.05) is 18.5 Å². The molecule has 1 aromatic heterocycles. The average Bonchev–Trinajstić information content (AvgIpc) is 2.57. The van der Waals surface area contributed by atoms with Crippen LogP contribution in [0, 0.1) is 12.7 Å². The third kappa shape index (κ3) is 1.98. The van der Waals surface area contributed by atoms with Crippen molar-refractivity contribution in [2.24, 2.45) is 7.05 Å². The van der Waals surface area contributed by atoms with Crippen LogP contribution in [0.1, 0.15) is 31.2 Å². The second kappa shape index (κ2) is 4.44. The Morgan fingerprint density at radius 3 is 2.50 bits per heavy atom. The highest BCUT2D eigenvalue weighted by Crippen LogP contribution is 2.30. The molecule has 0 aliphatic rings. The quantitative estimate of drug-likeness (QED) is 0.885. The molecular formula is C14H18FN3. The Bertz CT molecular complexity index is 585. The van der Waals surface area contributed by atoms with Gasteiger partial charge in [0.05, 0.1) is 0 Å². The molecule has 0 atom stereocenters. The van der Waals surface area contributed by atoms with Crippen LogP contribution in [-0.2, 0) is 7.05 Å². The molecule has 0 aliphatic heterocycles. The van der Waals surface area contributed by atoms with Crippen molar-refractivity contribution in [2.45, 2.75) is 26.7 Å². The van der Waals surface area contributed by atoms with Crippen molar-refractivity contribution in [1.29, 1.82) is 0 Å². The van der Waals surface area contributed by atoms with Crippen LogP contribution in [0.5, 0.6) is 0 Å². The van der Waals surface area contributed by atoms with Gasteiger partial charge >= 0.3 is 0 Å².